The zero-order chi connectivity index (χ0) is 6.97. The van der Waals surface area contributed by atoms with E-state index >= 15 is 0 Å². The molecule has 0 spiro atoms. The van der Waals surface area contributed by atoms with Gasteiger partial charge in [0.2, 0.25) is 0 Å². The van der Waals surface area contributed by atoms with Crippen molar-refractivity contribution in [2.75, 3.05) is 6.54 Å². The van der Waals surface area contributed by atoms with Crippen molar-refractivity contribution >= 4 is 0 Å². The second-order valence-electron chi connectivity index (χ2n) is 2.74. The van der Waals surface area contributed by atoms with Gasteiger partial charge in [-0.2, -0.15) is 0 Å². The van der Waals surface area contributed by atoms with E-state index in [0.29, 0.717) is 11.8 Å². The van der Waals surface area contributed by atoms with Gasteiger partial charge in [-0.1, -0.05) is 0 Å². The summed E-state index contributed by atoms with van der Waals surface area (Å²) in [5, 5.41) is 0. The third-order valence-electron chi connectivity index (χ3n) is 2.04. The lowest BCUT2D eigenvalue weighted by Gasteiger charge is -1.88. The lowest BCUT2D eigenvalue weighted by molar-refractivity contribution is 0.498. The highest BCUT2D eigenvalue weighted by atomic mass is 16.3. The summed E-state index contributed by atoms with van der Waals surface area (Å²) in [4.78, 5) is 3.84. The van der Waals surface area contributed by atoms with E-state index in [-0.39, 0.29) is 0 Å². The smallest absolute Gasteiger partial charge is 0.180 e. The molecule has 1 aromatic rings. The summed E-state index contributed by atoms with van der Waals surface area (Å²) in [7, 11) is 0. The minimum absolute atomic E-state index is 0.562. The van der Waals surface area contributed by atoms with Crippen LogP contribution in [0.5, 0.6) is 0 Å². The van der Waals surface area contributed by atoms with Gasteiger partial charge in [-0.25, -0.2) is 4.98 Å². The zero-order valence-corrected chi connectivity index (χ0v) is 5.66. The van der Waals surface area contributed by atoms with Crippen molar-refractivity contribution in [1.82, 2.24) is 4.98 Å². The Morgan fingerprint density at radius 3 is 3.20 bits per heavy atom. The third kappa shape index (κ3) is 0.827. The van der Waals surface area contributed by atoms with Gasteiger partial charge in [0.15, 0.2) is 6.39 Å². The van der Waals surface area contributed by atoms with Crippen LogP contribution in [-0.2, 0) is 0 Å². The zero-order valence-electron chi connectivity index (χ0n) is 5.66. The van der Waals surface area contributed by atoms with Crippen LogP contribution in [0.4, 0.5) is 0 Å². The molecule has 10 heavy (non-hydrogen) atoms. The normalized spacial score (nSPS) is 30.5. The molecule has 2 atom stereocenters. The lowest BCUT2D eigenvalue weighted by Crippen LogP contribution is -2.01. The van der Waals surface area contributed by atoms with E-state index in [0.717, 1.165) is 12.3 Å². The minimum atomic E-state index is 0.562. The maximum Gasteiger partial charge on any atom is 0.180 e. The van der Waals surface area contributed by atoms with Crippen molar-refractivity contribution in [3.8, 4) is 0 Å². The van der Waals surface area contributed by atoms with Crippen LogP contribution in [0.2, 0.25) is 0 Å². The fraction of sp³-hybridized carbons (Fsp3) is 0.571. The molecule has 0 bridgehead atoms. The first-order valence-electron chi connectivity index (χ1n) is 3.50. The second-order valence-corrected chi connectivity index (χ2v) is 2.74. The summed E-state index contributed by atoms with van der Waals surface area (Å²) < 4.78 is 5.12. The third-order valence-corrected chi connectivity index (χ3v) is 2.04. The molecule has 0 unspecified atom stereocenters. The second kappa shape index (κ2) is 2.09. The highest BCUT2D eigenvalue weighted by Crippen LogP contribution is 2.46. The van der Waals surface area contributed by atoms with Crippen LogP contribution in [-0.4, -0.2) is 11.5 Å². The van der Waals surface area contributed by atoms with Gasteiger partial charge in [0.25, 0.3) is 0 Å². The van der Waals surface area contributed by atoms with Crippen LogP contribution in [0, 0.1) is 5.92 Å². The van der Waals surface area contributed by atoms with Gasteiger partial charge >= 0.3 is 0 Å². The monoisotopic (exact) mass is 138 g/mol. The quantitative estimate of drug-likeness (QED) is 0.655. The van der Waals surface area contributed by atoms with E-state index in [1.165, 1.54) is 12.8 Å². The maximum atomic E-state index is 5.47. The molecule has 3 nitrogen and oxygen atoms in total. The average molecular weight is 138 g/mol. The number of nitrogens with two attached hydrogens (primary N) is 1. The van der Waals surface area contributed by atoms with E-state index in [2.05, 4.69) is 4.98 Å². The SMILES string of the molecule is NC[C@@H]1C[C@H]1c1cnco1. The highest BCUT2D eigenvalue weighted by Gasteiger charge is 2.39. The lowest BCUT2D eigenvalue weighted by atomic mass is 10.3. The largest absolute Gasteiger partial charge is 0.448 e. The van der Waals surface area contributed by atoms with Gasteiger partial charge in [-0.05, 0) is 18.9 Å². The fourth-order valence-electron chi connectivity index (χ4n) is 1.27. The molecule has 1 fully saturated rings. The molecule has 54 valence electrons. The Bertz CT molecular complexity index is 207. The van der Waals surface area contributed by atoms with E-state index in [9.17, 15) is 0 Å². The Morgan fingerprint density at radius 2 is 2.70 bits per heavy atom. The number of aromatic nitrogens is 1. The van der Waals surface area contributed by atoms with Crippen molar-refractivity contribution < 1.29 is 4.42 Å². The van der Waals surface area contributed by atoms with Crippen LogP contribution >= 0.6 is 0 Å². The van der Waals surface area contributed by atoms with E-state index in [4.69, 9.17) is 10.2 Å². The standard InChI is InChI=1S/C7H10N2O/c8-2-5-1-6(5)7-3-9-4-10-7/h3-6H,1-2,8H2/t5-,6+/m0/s1. The van der Waals surface area contributed by atoms with Crippen molar-refractivity contribution in [2.24, 2.45) is 11.7 Å². The molecule has 3 heteroatoms. The molecule has 0 aliphatic heterocycles. The number of oxazole rings is 1. The Morgan fingerprint density at radius 1 is 1.80 bits per heavy atom. The number of nitrogens with zero attached hydrogens (tertiary/aromatic N) is 1. The molecule has 0 aromatic carbocycles. The Labute approximate surface area is 59.2 Å². The van der Waals surface area contributed by atoms with Crippen molar-refractivity contribution in [3.63, 3.8) is 0 Å². The molecule has 1 aliphatic carbocycles. The first kappa shape index (κ1) is 5.92. The molecule has 1 heterocycles. The summed E-state index contributed by atoms with van der Waals surface area (Å²) in [6.07, 6.45) is 4.42. The van der Waals surface area contributed by atoms with E-state index in [1.807, 2.05) is 0 Å². The Kier molecular flexibility index (Phi) is 1.24. The molecular formula is C7H10N2O. The minimum Gasteiger partial charge on any atom is -0.448 e. The summed E-state index contributed by atoms with van der Waals surface area (Å²) in [6, 6.07) is 0. The van der Waals surface area contributed by atoms with Crippen LogP contribution in [0.25, 0.3) is 0 Å². The van der Waals surface area contributed by atoms with Gasteiger partial charge in [-0.15, -0.1) is 0 Å². The van der Waals surface area contributed by atoms with E-state index < -0.39 is 0 Å². The maximum absolute atomic E-state index is 5.47. The summed E-state index contributed by atoms with van der Waals surface area (Å²) >= 11 is 0. The fourth-order valence-corrected chi connectivity index (χ4v) is 1.27. The molecular weight excluding hydrogens is 128 g/mol. The molecule has 1 saturated carbocycles. The average Bonchev–Trinajstić information content (AvgIpc) is 2.56. The summed E-state index contributed by atoms with van der Waals surface area (Å²) in [5.74, 6) is 2.20. The first-order valence-corrected chi connectivity index (χ1v) is 3.50. The Hall–Kier alpha value is -0.830. The van der Waals surface area contributed by atoms with Crippen LogP contribution in [0.15, 0.2) is 17.0 Å². The van der Waals surface area contributed by atoms with Crippen molar-refractivity contribution in [1.29, 1.82) is 0 Å². The van der Waals surface area contributed by atoms with Crippen LogP contribution in [0.3, 0.4) is 0 Å². The number of rotatable bonds is 2. The molecule has 2 rings (SSSR count). The van der Waals surface area contributed by atoms with Crippen LogP contribution in [0.1, 0.15) is 18.1 Å². The molecule has 1 aromatic heterocycles. The van der Waals surface area contributed by atoms with Crippen LogP contribution < -0.4 is 5.73 Å². The first-order chi connectivity index (χ1) is 4.92. The predicted molar refractivity (Wildman–Crippen MR) is 36.4 cm³/mol. The molecule has 0 saturated heterocycles. The van der Waals surface area contributed by atoms with Gasteiger partial charge in [0.05, 0.1) is 6.20 Å². The van der Waals surface area contributed by atoms with Gasteiger partial charge in [0, 0.05) is 5.92 Å². The molecule has 2 N–H and O–H groups in total. The number of hydrogen-bond acceptors (Lipinski definition) is 3. The summed E-state index contributed by atoms with van der Waals surface area (Å²) in [5.41, 5.74) is 5.47. The Balaban J connectivity index is 2.05. The van der Waals surface area contributed by atoms with Crippen molar-refractivity contribution in [2.45, 2.75) is 12.3 Å². The summed E-state index contributed by atoms with van der Waals surface area (Å²) in [6.45, 7) is 0.769. The topological polar surface area (TPSA) is 52.0 Å². The van der Waals surface area contributed by atoms with E-state index in [1.54, 1.807) is 6.20 Å². The molecule has 0 amide bonds. The number of hydrogen-bond donors (Lipinski definition) is 1. The predicted octanol–water partition coefficient (Wildman–Crippen LogP) is 0.737. The highest BCUT2D eigenvalue weighted by molar-refractivity contribution is 5.11. The van der Waals surface area contributed by atoms with Gasteiger partial charge in [-0.3, -0.25) is 0 Å². The molecule has 0 radical (unpaired) electrons. The van der Waals surface area contributed by atoms with Gasteiger partial charge < -0.3 is 10.2 Å². The van der Waals surface area contributed by atoms with Crippen molar-refractivity contribution in [3.05, 3.63) is 18.4 Å². The van der Waals surface area contributed by atoms with Gasteiger partial charge in [0.1, 0.15) is 5.76 Å². The molecule has 1 aliphatic rings.